The maximum atomic E-state index is 13.5. The summed E-state index contributed by atoms with van der Waals surface area (Å²) in [5.74, 6) is -2.08. The second-order valence-corrected chi connectivity index (χ2v) is 5.24. The number of amides is 1. The third-order valence-electron chi connectivity index (χ3n) is 4.11. The average molecular weight is 307 g/mol. The number of aliphatic carboxylic acids is 1. The number of furan rings is 1. The first-order valence-corrected chi connectivity index (χ1v) is 7.13. The topological polar surface area (TPSA) is 79.5 Å². The van der Waals surface area contributed by atoms with Crippen molar-refractivity contribution in [1.29, 1.82) is 0 Å². The normalized spacial score (nSPS) is 11.6. The van der Waals surface area contributed by atoms with Crippen LogP contribution < -0.4 is 5.32 Å². The summed E-state index contributed by atoms with van der Waals surface area (Å²) in [4.78, 5) is 23.5. The van der Waals surface area contributed by atoms with Crippen LogP contribution in [0.5, 0.6) is 0 Å². The number of fused-ring (bicyclic) bond motifs is 1. The molecule has 0 atom stereocenters. The van der Waals surface area contributed by atoms with Crippen LogP contribution in [0.3, 0.4) is 0 Å². The molecule has 0 unspecified atom stereocenters. The monoisotopic (exact) mass is 307 g/mol. The van der Waals surface area contributed by atoms with Gasteiger partial charge in [-0.15, -0.1) is 0 Å². The van der Waals surface area contributed by atoms with Gasteiger partial charge in [-0.2, -0.15) is 0 Å². The highest BCUT2D eigenvalue weighted by molar-refractivity contribution is 5.96. The zero-order valence-corrected chi connectivity index (χ0v) is 12.5. The number of carboxylic acid groups (broad SMARTS) is 1. The maximum absolute atomic E-state index is 13.5. The van der Waals surface area contributed by atoms with Crippen LogP contribution in [-0.2, 0) is 4.79 Å². The Morgan fingerprint density at radius 2 is 2.00 bits per heavy atom. The zero-order valence-electron chi connectivity index (χ0n) is 12.5. The Labute approximate surface area is 127 Å². The van der Waals surface area contributed by atoms with Gasteiger partial charge in [0.15, 0.2) is 17.2 Å². The minimum absolute atomic E-state index is 0.00626. The minimum atomic E-state index is -1.01. The molecule has 2 N–H and O–H groups in total. The number of para-hydroxylation sites is 1. The Morgan fingerprint density at radius 1 is 1.32 bits per heavy atom. The molecular formula is C16H18FNO4. The van der Waals surface area contributed by atoms with Gasteiger partial charge in [0.1, 0.15) is 0 Å². The molecule has 0 aliphatic heterocycles. The van der Waals surface area contributed by atoms with Gasteiger partial charge in [-0.1, -0.05) is 26.0 Å². The molecule has 1 amide bonds. The number of hydrogen-bond donors (Lipinski definition) is 2. The van der Waals surface area contributed by atoms with E-state index in [9.17, 15) is 19.1 Å². The van der Waals surface area contributed by atoms with E-state index in [1.807, 2.05) is 0 Å². The summed E-state index contributed by atoms with van der Waals surface area (Å²) >= 11 is 0. The Balaban J connectivity index is 2.17. The summed E-state index contributed by atoms with van der Waals surface area (Å²) in [5.41, 5.74) is -0.990. The predicted molar refractivity (Wildman–Crippen MR) is 79.2 cm³/mol. The molecule has 2 rings (SSSR count). The molecule has 0 radical (unpaired) electrons. The summed E-state index contributed by atoms with van der Waals surface area (Å²) < 4.78 is 18.8. The van der Waals surface area contributed by atoms with Crippen molar-refractivity contribution < 1.29 is 23.5 Å². The lowest BCUT2D eigenvalue weighted by molar-refractivity contribution is -0.149. The quantitative estimate of drug-likeness (QED) is 0.859. The maximum Gasteiger partial charge on any atom is 0.311 e. The van der Waals surface area contributed by atoms with Crippen molar-refractivity contribution in [2.45, 2.75) is 26.7 Å². The number of hydrogen-bond acceptors (Lipinski definition) is 3. The molecule has 1 heterocycles. The first kappa shape index (κ1) is 16.0. The number of benzene rings is 1. The van der Waals surface area contributed by atoms with Crippen molar-refractivity contribution in [2.24, 2.45) is 5.41 Å². The fourth-order valence-electron chi connectivity index (χ4n) is 2.35. The van der Waals surface area contributed by atoms with Gasteiger partial charge >= 0.3 is 5.97 Å². The highest BCUT2D eigenvalue weighted by Gasteiger charge is 2.35. The van der Waals surface area contributed by atoms with Gasteiger partial charge in [-0.3, -0.25) is 9.59 Å². The molecule has 2 aromatic rings. The zero-order chi connectivity index (χ0) is 16.3. The lowest BCUT2D eigenvalue weighted by atomic mass is 9.82. The van der Waals surface area contributed by atoms with Crippen LogP contribution in [0.2, 0.25) is 0 Å². The molecule has 6 heteroatoms. The SMILES string of the molecule is CCC(CC)(CNC(=O)c1cc2cccc(F)c2o1)C(=O)O. The largest absolute Gasteiger partial charge is 0.481 e. The first-order valence-electron chi connectivity index (χ1n) is 7.13. The minimum Gasteiger partial charge on any atom is -0.481 e. The van der Waals surface area contributed by atoms with Crippen molar-refractivity contribution >= 4 is 22.8 Å². The molecule has 1 aromatic heterocycles. The second kappa shape index (κ2) is 6.17. The van der Waals surface area contributed by atoms with E-state index in [1.165, 1.54) is 18.2 Å². The summed E-state index contributed by atoms with van der Waals surface area (Å²) in [6, 6.07) is 5.85. The fraction of sp³-hybridized carbons (Fsp3) is 0.375. The van der Waals surface area contributed by atoms with Gasteiger partial charge < -0.3 is 14.8 Å². The van der Waals surface area contributed by atoms with E-state index in [0.29, 0.717) is 18.2 Å². The van der Waals surface area contributed by atoms with E-state index in [2.05, 4.69) is 5.32 Å². The van der Waals surface area contributed by atoms with Crippen molar-refractivity contribution in [3.8, 4) is 0 Å². The summed E-state index contributed by atoms with van der Waals surface area (Å²) in [7, 11) is 0. The molecule has 22 heavy (non-hydrogen) atoms. The van der Waals surface area contributed by atoms with Crippen LogP contribution in [0.25, 0.3) is 11.0 Å². The molecule has 118 valence electrons. The Bertz CT molecular complexity index is 703. The highest BCUT2D eigenvalue weighted by Crippen LogP contribution is 2.26. The lowest BCUT2D eigenvalue weighted by Crippen LogP contribution is -2.42. The van der Waals surface area contributed by atoms with Gasteiger partial charge in [0.25, 0.3) is 5.91 Å². The third-order valence-corrected chi connectivity index (χ3v) is 4.11. The van der Waals surface area contributed by atoms with Gasteiger partial charge in [-0.05, 0) is 25.0 Å². The number of carbonyl (C=O) groups is 2. The first-order chi connectivity index (χ1) is 10.4. The molecule has 0 spiro atoms. The number of carbonyl (C=O) groups excluding carboxylic acids is 1. The van der Waals surface area contributed by atoms with Crippen molar-refractivity contribution in [3.63, 3.8) is 0 Å². The molecular weight excluding hydrogens is 289 g/mol. The Kier molecular flexibility index (Phi) is 4.49. The van der Waals surface area contributed by atoms with Crippen molar-refractivity contribution in [1.82, 2.24) is 5.32 Å². The third kappa shape index (κ3) is 2.81. The number of nitrogens with one attached hydrogen (secondary N) is 1. The lowest BCUT2D eigenvalue weighted by Gasteiger charge is -2.26. The molecule has 0 aliphatic carbocycles. The van der Waals surface area contributed by atoms with Gasteiger partial charge in [0, 0.05) is 11.9 Å². The van der Waals surface area contributed by atoms with Gasteiger partial charge in [0.2, 0.25) is 0 Å². The van der Waals surface area contributed by atoms with Crippen molar-refractivity contribution in [2.75, 3.05) is 6.54 Å². The van der Waals surface area contributed by atoms with E-state index < -0.39 is 23.1 Å². The summed E-state index contributed by atoms with van der Waals surface area (Å²) in [6.07, 6.45) is 0.793. The van der Waals surface area contributed by atoms with Crippen LogP contribution in [0.1, 0.15) is 37.2 Å². The van der Waals surface area contributed by atoms with Gasteiger partial charge in [-0.25, -0.2) is 4.39 Å². The number of carboxylic acids is 1. The fourth-order valence-corrected chi connectivity index (χ4v) is 2.35. The van der Waals surface area contributed by atoms with Crippen molar-refractivity contribution in [3.05, 3.63) is 35.8 Å². The van der Waals surface area contributed by atoms with E-state index in [0.717, 1.165) is 0 Å². The molecule has 0 bridgehead atoms. The second-order valence-electron chi connectivity index (χ2n) is 5.24. The van der Waals surface area contributed by atoms with Crippen LogP contribution in [0, 0.1) is 11.2 Å². The highest BCUT2D eigenvalue weighted by atomic mass is 19.1. The van der Waals surface area contributed by atoms with Crippen LogP contribution in [-0.4, -0.2) is 23.5 Å². The molecule has 0 fully saturated rings. The Hall–Kier alpha value is -2.37. The van der Waals surface area contributed by atoms with Crippen LogP contribution in [0.4, 0.5) is 4.39 Å². The summed E-state index contributed by atoms with van der Waals surface area (Å²) in [6.45, 7) is 3.52. The number of rotatable bonds is 6. The predicted octanol–water partition coefficient (Wildman–Crippen LogP) is 3.19. The van der Waals surface area contributed by atoms with E-state index in [4.69, 9.17) is 4.42 Å². The van der Waals surface area contributed by atoms with Crippen LogP contribution in [0.15, 0.2) is 28.7 Å². The van der Waals surface area contributed by atoms with E-state index in [1.54, 1.807) is 19.9 Å². The molecule has 1 aromatic carbocycles. The molecule has 0 aliphatic rings. The van der Waals surface area contributed by atoms with Crippen LogP contribution >= 0.6 is 0 Å². The average Bonchev–Trinajstić information content (AvgIpc) is 2.94. The smallest absolute Gasteiger partial charge is 0.311 e. The summed E-state index contributed by atoms with van der Waals surface area (Å²) in [5, 5.41) is 12.4. The van der Waals surface area contributed by atoms with E-state index in [-0.39, 0.29) is 17.9 Å². The standard InChI is InChI=1S/C16H18FNO4/c1-3-16(4-2,15(20)21)9-18-14(19)12-8-10-6-5-7-11(17)13(10)22-12/h5-8H,3-4,9H2,1-2H3,(H,18,19)(H,20,21). The van der Waals surface area contributed by atoms with Gasteiger partial charge in [0.05, 0.1) is 5.41 Å². The molecule has 0 saturated carbocycles. The Morgan fingerprint density at radius 3 is 2.55 bits per heavy atom. The molecule has 0 saturated heterocycles. The van der Waals surface area contributed by atoms with E-state index >= 15 is 0 Å². The number of halogens is 1. The molecule has 5 nitrogen and oxygen atoms in total.